The Hall–Kier alpha value is -5.49. The first-order chi connectivity index (χ1) is 24.8. The maximum atomic E-state index is 13.6. The van der Waals surface area contributed by atoms with E-state index >= 15 is 0 Å². The van der Waals surface area contributed by atoms with Crippen LogP contribution in [0.4, 0.5) is 0 Å². The number of nitrogens with two attached hydrogens (primary N) is 1. The van der Waals surface area contributed by atoms with Gasteiger partial charge < -0.3 is 50.5 Å². The molecule has 13 nitrogen and oxygen atoms in total. The number of aliphatic hydroxyl groups excluding tert-OH is 1. The number of nitrogens with one attached hydrogen (secondary N) is 1. The van der Waals surface area contributed by atoms with Gasteiger partial charge in [0.25, 0.3) is 5.91 Å². The highest BCUT2D eigenvalue weighted by Crippen LogP contribution is 2.39. The largest absolute Gasteiger partial charge is 0.508 e. The number of allylic oxidation sites excluding steroid dienone is 1. The van der Waals surface area contributed by atoms with Gasteiger partial charge in [0.05, 0.1) is 10.9 Å². The molecule has 0 radical (unpaired) electrons. The minimum Gasteiger partial charge on any atom is -0.508 e. The molecule has 1 aromatic heterocycles. The van der Waals surface area contributed by atoms with Gasteiger partial charge in [0, 0.05) is 19.0 Å². The number of rotatable bonds is 9. The Kier molecular flexibility index (Phi) is 10.2. The highest BCUT2D eigenvalue weighted by molar-refractivity contribution is 5.99. The Morgan fingerprint density at radius 2 is 1.85 bits per heavy atom. The van der Waals surface area contributed by atoms with Crippen LogP contribution < -0.4 is 21.2 Å². The van der Waals surface area contributed by atoms with Crippen molar-refractivity contribution in [1.29, 1.82) is 0 Å². The van der Waals surface area contributed by atoms with E-state index in [0.717, 1.165) is 5.56 Å². The lowest BCUT2D eigenvalue weighted by atomic mass is 9.75. The summed E-state index contributed by atoms with van der Waals surface area (Å²) in [5.41, 5.74) is 0.839. The maximum absolute atomic E-state index is 13.6. The third-order valence-electron chi connectivity index (χ3n) is 9.56. The van der Waals surface area contributed by atoms with Gasteiger partial charge in [-0.2, -0.15) is 0 Å². The number of carbonyl (C=O) groups is 2. The van der Waals surface area contributed by atoms with Crippen molar-refractivity contribution in [3.63, 3.8) is 0 Å². The van der Waals surface area contributed by atoms with Gasteiger partial charge in [-0.05, 0) is 60.2 Å². The van der Waals surface area contributed by atoms with E-state index in [1.54, 1.807) is 0 Å². The Labute approximate surface area is 297 Å². The van der Waals surface area contributed by atoms with E-state index in [0.29, 0.717) is 13.0 Å². The number of benzene rings is 3. The number of aliphatic hydroxyl groups is 3. The molecule has 0 aliphatic carbocycles. The van der Waals surface area contributed by atoms with Crippen molar-refractivity contribution in [2.24, 2.45) is 17.6 Å². The first kappa shape index (κ1) is 36.3. The quantitative estimate of drug-likeness (QED) is 0.125. The fourth-order valence-corrected chi connectivity index (χ4v) is 6.55. The van der Waals surface area contributed by atoms with Crippen molar-refractivity contribution >= 4 is 28.9 Å². The number of carboxylic acids is 1. The molecule has 2 aliphatic heterocycles. The Bertz CT molecular complexity index is 2120. The minimum atomic E-state index is -2.72. The number of hydrogen-bond donors (Lipinski definition) is 7. The molecule has 3 heterocycles. The van der Waals surface area contributed by atoms with Crippen LogP contribution in [0.25, 0.3) is 28.2 Å². The van der Waals surface area contributed by atoms with E-state index in [1.165, 1.54) is 42.5 Å². The minimum absolute atomic E-state index is 0.0240. The molecule has 13 heteroatoms. The number of β-amino-alcohol motifs (C(OH)–C–C–N with tert-alkyl or cyclic N) is 1. The molecule has 52 heavy (non-hydrogen) atoms. The van der Waals surface area contributed by atoms with Crippen molar-refractivity contribution in [1.82, 2.24) is 5.32 Å². The van der Waals surface area contributed by atoms with E-state index in [9.17, 15) is 39.9 Å². The summed E-state index contributed by atoms with van der Waals surface area (Å²) in [6.07, 6.45) is -1.20. The second kappa shape index (κ2) is 14.6. The summed E-state index contributed by atoms with van der Waals surface area (Å²) >= 11 is 0. The number of ether oxygens (including phenoxy) is 2. The van der Waals surface area contributed by atoms with Gasteiger partial charge in [-0.15, -0.1) is 0 Å². The van der Waals surface area contributed by atoms with Gasteiger partial charge in [-0.25, -0.2) is 4.79 Å². The molecular weight excluding hydrogens is 672 g/mol. The van der Waals surface area contributed by atoms with Crippen LogP contribution in [0.2, 0.25) is 0 Å². The van der Waals surface area contributed by atoms with Crippen molar-refractivity contribution in [3.05, 3.63) is 100 Å². The average molecular weight is 711 g/mol. The fraction of sp³-hybridized carbons (Fsp3) is 0.308. The van der Waals surface area contributed by atoms with E-state index < -0.39 is 59.3 Å². The van der Waals surface area contributed by atoms with Crippen molar-refractivity contribution in [2.45, 2.75) is 49.5 Å². The summed E-state index contributed by atoms with van der Waals surface area (Å²) < 4.78 is 17.4. The van der Waals surface area contributed by atoms with Gasteiger partial charge in [-0.3, -0.25) is 9.59 Å². The number of primary amides is 1. The topological polar surface area (TPSA) is 222 Å². The Morgan fingerprint density at radius 3 is 2.54 bits per heavy atom. The first-order valence-electron chi connectivity index (χ1n) is 16.6. The van der Waals surface area contributed by atoms with Gasteiger partial charge in [0.1, 0.15) is 23.2 Å². The highest BCUT2D eigenvalue weighted by Gasteiger charge is 2.65. The number of carbonyl (C=O) groups excluding carboxylic acids is 1. The molecule has 1 fully saturated rings. The number of fused-ring (bicyclic) bond motifs is 3. The van der Waals surface area contributed by atoms with Gasteiger partial charge >= 0.3 is 5.97 Å². The first-order valence-corrected chi connectivity index (χ1v) is 16.6. The number of aromatic hydroxyl groups is 1. The zero-order chi connectivity index (χ0) is 37.2. The number of phenolic OH excluding ortho intramolecular Hbond substituents is 1. The van der Waals surface area contributed by atoms with Crippen LogP contribution in [0, 0.1) is 23.7 Å². The summed E-state index contributed by atoms with van der Waals surface area (Å²) in [5, 5.41) is 57.9. The summed E-state index contributed by atoms with van der Waals surface area (Å²) in [5.74, 6) is 2.00. The molecule has 1 amide bonds. The lowest BCUT2D eigenvalue weighted by Crippen LogP contribution is -2.76. The molecule has 1 saturated heterocycles. The zero-order valence-electron chi connectivity index (χ0n) is 28.1. The van der Waals surface area contributed by atoms with E-state index in [2.05, 4.69) is 23.2 Å². The van der Waals surface area contributed by atoms with Gasteiger partial charge in [-0.1, -0.05) is 73.4 Å². The predicted octanol–water partition coefficient (Wildman–Crippen LogP) is 2.63. The zero-order valence-corrected chi connectivity index (χ0v) is 28.1. The molecule has 7 atom stereocenters. The van der Waals surface area contributed by atoms with Crippen molar-refractivity contribution < 1.29 is 49.0 Å². The SMILES string of the molecule is C[C@H](C/C=C\c1ccccc1)[C@H]1CC#C[C@@]2(O)[C@@H](C(=O)O)O[C@@H](Oc3ccc4c(=O)c(-c5ccc(O)cc5)c(C(N)=O)oc4c3)[C@@](O)(CNC1)[C@H]2O. The molecular formula is C39H38N2O11. The molecule has 2 aliphatic rings. The molecule has 4 aromatic rings. The summed E-state index contributed by atoms with van der Waals surface area (Å²) in [4.78, 5) is 38.4. The second-order valence-electron chi connectivity index (χ2n) is 13.2. The highest BCUT2D eigenvalue weighted by atomic mass is 16.7. The fourth-order valence-electron chi connectivity index (χ4n) is 6.55. The van der Waals surface area contributed by atoms with Crippen molar-refractivity contribution in [3.8, 4) is 34.5 Å². The predicted molar refractivity (Wildman–Crippen MR) is 189 cm³/mol. The van der Waals surface area contributed by atoms with Crippen LogP contribution in [0.1, 0.15) is 35.9 Å². The van der Waals surface area contributed by atoms with Crippen molar-refractivity contribution in [2.75, 3.05) is 13.1 Å². The van der Waals surface area contributed by atoms with Crippen LogP contribution in [-0.2, 0) is 9.53 Å². The van der Waals surface area contributed by atoms with Crippen LogP contribution in [0.5, 0.6) is 11.5 Å². The summed E-state index contributed by atoms with van der Waals surface area (Å²) in [6, 6.07) is 19.2. The molecule has 8 N–H and O–H groups in total. The number of amides is 1. The smallest absolute Gasteiger partial charge is 0.337 e. The van der Waals surface area contributed by atoms with E-state index in [1.807, 2.05) is 43.3 Å². The van der Waals surface area contributed by atoms with E-state index in [4.69, 9.17) is 19.6 Å². The third kappa shape index (κ3) is 7.03. The molecule has 0 unspecified atom stereocenters. The molecule has 270 valence electrons. The monoisotopic (exact) mass is 710 g/mol. The maximum Gasteiger partial charge on any atom is 0.337 e. The van der Waals surface area contributed by atoms with Crippen LogP contribution in [-0.4, -0.2) is 80.2 Å². The van der Waals surface area contributed by atoms with Crippen LogP contribution in [0.3, 0.4) is 0 Å². The Balaban J connectivity index is 1.30. The third-order valence-corrected chi connectivity index (χ3v) is 9.56. The second-order valence-corrected chi connectivity index (χ2v) is 13.2. The number of phenols is 1. The summed E-state index contributed by atoms with van der Waals surface area (Å²) in [7, 11) is 0. The van der Waals surface area contributed by atoms with E-state index in [-0.39, 0.29) is 51.9 Å². The lowest BCUT2D eigenvalue weighted by Gasteiger charge is -2.50. The molecule has 6 rings (SSSR count). The standard InChI is InChI=1S/C39H38N2O11/c1-22(7-5-10-23-8-3-2-4-9-23)25-11-6-18-38(48)33(35(45)46)52-37(39(49,36(38)47)21-41-20-25)50-27-16-17-28-29(19-27)51-32(34(40)44)30(31(28)43)24-12-14-26(42)15-13-24/h2-5,8-10,12-17,19,22,25,33,36-37,41-42,47-49H,7,11,20-21H2,1H3,(H2,40,44)(H,45,46)/b10-5-/t22-,25+,33-,36+,37-,38-,39-/m1/s1. The van der Waals surface area contributed by atoms with Gasteiger partial charge in [0.2, 0.25) is 23.6 Å². The number of aliphatic carboxylic acids is 1. The van der Waals surface area contributed by atoms with Crippen LogP contribution in [0.15, 0.2) is 88.1 Å². The molecule has 3 aromatic carbocycles. The number of hydrogen-bond acceptors (Lipinski definition) is 11. The van der Waals surface area contributed by atoms with Crippen LogP contribution >= 0.6 is 0 Å². The molecule has 2 bridgehead atoms. The lowest BCUT2D eigenvalue weighted by molar-refractivity contribution is -0.328. The molecule has 0 saturated carbocycles. The molecule has 0 spiro atoms. The average Bonchev–Trinajstić information content (AvgIpc) is 3.11. The normalized spacial score (nSPS) is 26.6. The number of carboxylic acid groups (broad SMARTS) is 1. The Morgan fingerprint density at radius 1 is 1.12 bits per heavy atom. The van der Waals surface area contributed by atoms with Gasteiger partial charge in [0.15, 0.2) is 11.2 Å². The summed E-state index contributed by atoms with van der Waals surface area (Å²) in [6.45, 7) is 1.99.